The van der Waals surface area contributed by atoms with Crippen molar-refractivity contribution in [3.05, 3.63) is 169 Å². The number of esters is 4. The van der Waals surface area contributed by atoms with Gasteiger partial charge < -0.3 is 28.4 Å². The number of unbranched alkanes of at least 4 members (excludes halogenated alkanes) is 14. The lowest BCUT2D eigenvalue weighted by Crippen LogP contribution is -2.11. The Labute approximate surface area is 395 Å². The molecule has 0 aliphatic heterocycles. The van der Waals surface area contributed by atoms with E-state index < -0.39 is 48.0 Å². The molecule has 0 heterocycles. The maximum atomic E-state index is 13.1. The number of ether oxygens (including phenoxy) is 6. The molecule has 0 unspecified atom stereocenters. The number of carbonyl (C=O) groups is 4. The van der Waals surface area contributed by atoms with Crippen LogP contribution >= 0.6 is 0 Å². The van der Waals surface area contributed by atoms with Gasteiger partial charge in [-0.25, -0.2) is 19.2 Å². The molecule has 0 aliphatic rings. The normalized spacial score (nSPS) is 11.5. The van der Waals surface area contributed by atoms with Gasteiger partial charge in [0.05, 0.1) is 41.0 Å². The second kappa shape index (κ2) is 28.8. The van der Waals surface area contributed by atoms with Gasteiger partial charge in [-0.2, -0.15) is 0 Å². The van der Waals surface area contributed by atoms with Gasteiger partial charge in [0.15, 0.2) is 0 Å². The molecule has 0 spiro atoms. The van der Waals surface area contributed by atoms with Crippen LogP contribution in [0.25, 0.3) is 0 Å². The number of allylic oxidation sites excluding steroid dienone is 2. The predicted octanol–water partition coefficient (Wildman–Crippen LogP) is 13.9. The smallest absolute Gasteiger partial charge is 0.343 e. The lowest BCUT2D eigenvalue weighted by molar-refractivity contribution is 0.0723. The van der Waals surface area contributed by atoms with Gasteiger partial charge in [0.25, 0.3) is 0 Å². The molecule has 0 N–H and O–H groups in total. The summed E-state index contributed by atoms with van der Waals surface area (Å²) in [5.74, 6) is -3.01. The monoisotopic (exact) mass is 898 g/mol. The van der Waals surface area contributed by atoms with E-state index in [0.717, 1.165) is 75.6 Å². The van der Waals surface area contributed by atoms with Gasteiger partial charge in [0.2, 0.25) is 0 Å². The molecule has 5 aromatic rings. The minimum atomic E-state index is -0.937. The SMILES string of the molecule is [2H]c1cc(C(=O)Oc2cccc(OC(=O)c3cc([2H])c(OC(=O)c4ccc(OCCCCCCCCCC=C)cc4)c([2H])c3)c2)cc([2H])c1OC(=O)c1ccc(OCCCCCCCCCC=C)cc1. The van der Waals surface area contributed by atoms with Crippen LogP contribution < -0.4 is 28.4 Å². The summed E-state index contributed by atoms with van der Waals surface area (Å²) in [7, 11) is 0. The fourth-order valence-corrected chi connectivity index (χ4v) is 6.63. The first-order chi connectivity index (χ1) is 33.9. The van der Waals surface area contributed by atoms with E-state index in [-0.39, 0.29) is 45.3 Å². The molecule has 5 rings (SSSR count). The molecule has 0 fully saturated rings. The Hall–Kier alpha value is -6.94. The highest BCUT2D eigenvalue weighted by Gasteiger charge is 2.15. The predicted molar refractivity (Wildman–Crippen MR) is 257 cm³/mol. The van der Waals surface area contributed by atoms with Gasteiger partial charge in [-0.05, 0) is 148 Å². The quantitative estimate of drug-likeness (QED) is 0.0190. The van der Waals surface area contributed by atoms with Crippen molar-refractivity contribution < 1.29 is 53.1 Å². The Morgan fingerprint density at radius 2 is 0.682 bits per heavy atom. The summed E-state index contributed by atoms with van der Waals surface area (Å²) in [4.78, 5) is 52.1. The van der Waals surface area contributed by atoms with Crippen LogP contribution in [-0.2, 0) is 0 Å². The van der Waals surface area contributed by atoms with Crippen molar-refractivity contribution in [2.24, 2.45) is 0 Å². The number of hydrogen-bond acceptors (Lipinski definition) is 10. The van der Waals surface area contributed by atoms with Crippen molar-refractivity contribution in [3.8, 4) is 34.5 Å². The highest BCUT2D eigenvalue weighted by molar-refractivity contribution is 5.94. The van der Waals surface area contributed by atoms with Gasteiger partial charge in [-0.3, -0.25) is 0 Å². The number of benzene rings is 5. The first-order valence-electron chi connectivity index (χ1n) is 24.8. The van der Waals surface area contributed by atoms with E-state index in [1.165, 1.54) is 99.9 Å². The van der Waals surface area contributed by atoms with E-state index in [0.29, 0.717) is 24.7 Å². The Kier molecular flexibility index (Phi) is 19.3. The van der Waals surface area contributed by atoms with Crippen LogP contribution in [0.4, 0.5) is 0 Å². The van der Waals surface area contributed by atoms with Gasteiger partial charge >= 0.3 is 23.9 Å². The third-order valence-corrected chi connectivity index (χ3v) is 10.3. The summed E-state index contributed by atoms with van der Waals surface area (Å²) >= 11 is 0. The van der Waals surface area contributed by atoms with E-state index in [1.54, 1.807) is 24.3 Å². The molecule has 0 saturated carbocycles. The fourth-order valence-electron chi connectivity index (χ4n) is 6.63. The molecule has 0 atom stereocenters. The topological polar surface area (TPSA) is 124 Å². The van der Waals surface area contributed by atoms with E-state index >= 15 is 0 Å². The Balaban J connectivity index is 1.06. The summed E-state index contributed by atoms with van der Waals surface area (Å²) in [6, 6.07) is 21.2. The van der Waals surface area contributed by atoms with Gasteiger partial charge in [0.1, 0.15) is 34.5 Å². The highest BCUT2D eigenvalue weighted by atomic mass is 16.6. The van der Waals surface area contributed by atoms with Gasteiger partial charge in [-0.15, -0.1) is 13.2 Å². The molecule has 0 saturated heterocycles. The van der Waals surface area contributed by atoms with E-state index in [4.69, 9.17) is 33.9 Å². The summed E-state index contributed by atoms with van der Waals surface area (Å²) < 4.78 is 67.0. The second-order valence-electron chi connectivity index (χ2n) is 15.6. The summed E-state index contributed by atoms with van der Waals surface area (Å²) in [6.45, 7) is 8.63. The van der Waals surface area contributed by atoms with Crippen LogP contribution in [0, 0.1) is 0 Å². The zero-order valence-corrected chi connectivity index (χ0v) is 37.6. The van der Waals surface area contributed by atoms with E-state index in [2.05, 4.69) is 13.2 Å². The number of hydrogen-bond donors (Lipinski definition) is 0. The minimum absolute atomic E-state index is 0.0393. The summed E-state index contributed by atoms with van der Waals surface area (Å²) in [6.07, 6.45) is 22.1. The average Bonchev–Trinajstić information content (AvgIpc) is 3.35. The average molecular weight is 899 g/mol. The van der Waals surface area contributed by atoms with Crippen molar-refractivity contribution in [2.45, 2.75) is 103 Å². The van der Waals surface area contributed by atoms with Crippen LogP contribution in [0.1, 0.15) is 150 Å². The second-order valence-corrected chi connectivity index (χ2v) is 15.6. The molecular formula is C56H62O10. The maximum Gasteiger partial charge on any atom is 0.343 e. The van der Waals surface area contributed by atoms with Crippen LogP contribution in [0.2, 0.25) is 0 Å². The molecule has 66 heavy (non-hydrogen) atoms. The van der Waals surface area contributed by atoms with Crippen LogP contribution in [-0.4, -0.2) is 37.1 Å². The number of rotatable bonds is 30. The fraction of sp³-hybridized carbons (Fsp3) is 0.321. The zero-order chi connectivity index (χ0) is 50.1. The van der Waals surface area contributed by atoms with E-state index in [9.17, 15) is 19.2 Å². The first-order valence-corrected chi connectivity index (χ1v) is 22.8. The molecule has 5 aromatic carbocycles. The maximum absolute atomic E-state index is 13.1. The summed E-state index contributed by atoms with van der Waals surface area (Å²) in [5, 5.41) is 0. The lowest BCUT2D eigenvalue weighted by Gasteiger charge is -2.09. The Bertz CT molecular complexity index is 2310. The van der Waals surface area contributed by atoms with E-state index in [1.807, 2.05) is 12.2 Å². The lowest BCUT2D eigenvalue weighted by atomic mass is 10.1. The van der Waals surface area contributed by atoms with Crippen LogP contribution in [0.5, 0.6) is 34.5 Å². The third kappa shape index (κ3) is 18.3. The largest absolute Gasteiger partial charge is 0.494 e. The van der Waals surface area contributed by atoms with Crippen molar-refractivity contribution in [1.29, 1.82) is 0 Å². The molecular weight excluding hydrogens is 833 g/mol. The molecule has 346 valence electrons. The molecule has 10 heteroatoms. The van der Waals surface area contributed by atoms with Gasteiger partial charge in [0, 0.05) is 6.07 Å². The molecule has 0 amide bonds. The Morgan fingerprint density at radius 1 is 0.379 bits per heavy atom. The van der Waals surface area contributed by atoms with Crippen molar-refractivity contribution >= 4 is 23.9 Å². The minimum Gasteiger partial charge on any atom is -0.494 e. The summed E-state index contributed by atoms with van der Waals surface area (Å²) in [5.41, 5.74) is 0.0350. The highest BCUT2D eigenvalue weighted by Crippen LogP contribution is 2.24. The first kappa shape index (κ1) is 44.3. The zero-order valence-electron chi connectivity index (χ0n) is 41.6. The van der Waals surface area contributed by atoms with Crippen molar-refractivity contribution in [1.82, 2.24) is 0 Å². The van der Waals surface area contributed by atoms with Crippen molar-refractivity contribution in [3.63, 3.8) is 0 Å². The van der Waals surface area contributed by atoms with Crippen LogP contribution in [0.3, 0.4) is 0 Å². The third-order valence-electron chi connectivity index (χ3n) is 10.3. The Morgan fingerprint density at radius 3 is 1.03 bits per heavy atom. The molecule has 0 radical (unpaired) electrons. The molecule has 0 aliphatic carbocycles. The van der Waals surface area contributed by atoms with Gasteiger partial charge in [-0.1, -0.05) is 82.4 Å². The number of carbonyl (C=O) groups excluding carboxylic acids is 4. The molecule has 0 bridgehead atoms. The molecule has 0 aromatic heterocycles. The molecule has 10 nitrogen and oxygen atoms in total. The van der Waals surface area contributed by atoms with Crippen molar-refractivity contribution in [2.75, 3.05) is 13.2 Å². The standard InChI is InChI=1S/C56H62O10/c1-3-5-7-9-11-13-15-17-19-40-61-47-32-24-43(25-33-47)53(57)63-49-36-28-45(29-37-49)55(59)65-51-22-21-23-52(42-51)66-56(60)46-30-38-50(39-31-46)64-54(58)44-26-34-48(35-27-44)62-41-20-18-16-14-12-10-8-6-4-2/h3-4,21-39,42H,1-2,5-20,40-41H2/i36D,37D,38D,39D. The van der Waals surface area contributed by atoms with Crippen LogP contribution in [0.15, 0.2) is 147 Å².